The molecule has 0 radical (unpaired) electrons. The molecule has 28 heavy (non-hydrogen) atoms. The second kappa shape index (κ2) is 9.14. The number of ether oxygens (including phenoxy) is 2. The van der Waals surface area contributed by atoms with Gasteiger partial charge in [-0.15, -0.1) is 11.3 Å². The first-order valence-corrected chi connectivity index (χ1v) is 9.18. The molecule has 0 unspecified atom stereocenters. The van der Waals surface area contributed by atoms with Crippen LogP contribution in [0.1, 0.15) is 49.8 Å². The van der Waals surface area contributed by atoms with Crippen molar-refractivity contribution in [1.29, 1.82) is 0 Å². The molecule has 0 bridgehead atoms. The summed E-state index contributed by atoms with van der Waals surface area (Å²) >= 11 is 0.955. The lowest BCUT2D eigenvalue weighted by Gasteiger charge is -2.09. The summed E-state index contributed by atoms with van der Waals surface area (Å²) in [5, 5.41) is 5.44. The summed E-state index contributed by atoms with van der Waals surface area (Å²) < 4.78 is 9.75. The van der Waals surface area contributed by atoms with Crippen LogP contribution in [0.25, 0.3) is 0 Å². The van der Waals surface area contributed by atoms with Crippen molar-refractivity contribution in [2.45, 2.75) is 20.8 Å². The van der Waals surface area contributed by atoms with Crippen LogP contribution in [0.5, 0.6) is 0 Å². The molecule has 9 heteroatoms. The largest absolute Gasteiger partial charge is 0.465 e. The van der Waals surface area contributed by atoms with Gasteiger partial charge in [-0.3, -0.25) is 9.59 Å². The number of methoxy groups -OCH3 is 1. The number of carbonyl (C=O) groups excluding carboxylic acids is 4. The molecule has 1 heterocycles. The van der Waals surface area contributed by atoms with E-state index in [9.17, 15) is 19.2 Å². The van der Waals surface area contributed by atoms with Gasteiger partial charge in [0.25, 0.3) is 5.91 Å². The SMILES string of the molecule is CCOC(=O)c1c(NC(C)=O)sc(C(=O)Nc2ccccc2C(=O)OC)c1C. The molecule has 0 atom stereocenters. The number of para-hydroxylation sites is 1. The number of anilines is 2. The number of esters is 2. The zero-order chi connectivity index (χ0) is 20.8. The number of hydrogen-bond acceptors (Lipinski definition) is 7. The molecule has 0 saturated carbocycles. The lowest BCUT2D eigenvalue weighted by atomic mass is 10.1. The van der Waals surface area contributed by atoms with E-state index in [1.54, 1.807) is 32.0 Å². The number of rotatable bonds is 6. The molecule has 1 aromatic carbocycles. The van der Waals surface area contributed by atoms with Crippen molar-refractivity contribution < 1.29 is 28.7 Å². The highest BCUT2D eigenvalue weighted by molar-refractivity contribution is 7.18. The van der Waals surface area contributed by atoms with Crippen molar-refractivity contribution in [1.82, 2.24) is 0 Å². The van der Waals surface area contributed by atoms with E-state index in [4.69, 9.17) is 9.47 Å². The van der Waals surface area contributed by atoms with Crippen LogP contribution in [0.15, 0.2) is 24.3 Å². The summed E-state index contributed by atoms with van der Waals surface area (Å²) in [5.41, 5.74) is 0.972. The standard InChI is InChI=1S/C19H20N2O6S/c1-5-27-19(25)14-10(2)15(28-17(14)20-11(3)22)16(23)21-13-9-7-6-8-12(13)18(24)26-4/h6-9H,5H2,1-4H3,(H,20,22)(H,21,23). The monoisotopic (exact) mass is 404 g/mol. The van der Waals surface area contributed by atoms with E-state index in [0.29, 0.717) is 5.56 Å². The Morgan fingerprint density at radius 2 is 1.75 bits per heavy atom. The van der Waals surface area contributed by atoms with Gasteiger partial charge in [-0.25, -0.2) is 9.59 Å². The minimum absolute atomic E-state index is 0.133. The number of carbonyl (C=O) groups is 4. The lowest BCUT2D eigenvalue weighted by molar-refractivity contribution is -0.114. The van der Waals surface area contributed by atoms with Crippen molar-refractivity contribution in [2.24, 2.45) is 0 Å². The third-order valence-corrected chi connectivity index (χ3v) is 4.91. The Balaban J connectivity index is 2.43. The van der Waals surface area contributed by atoms with Gasteiger partial charge in [0.05, 0.1) is 35.4 Å². The molecule has 0 fully saturated rings. The van der Waals surface area contributed by atoms with E-state index >= 15 is 0 Å². The maximum absolute atomic E-state index is 12.8. The van der Waals surface area contributed by atoms with Gasteiger partial charge in [0.2, 0.25) is 5.91 Å². The van der Waals surface area contributed by atoms with E-state index < -0.39 is 17.8 Å². The third-order valence-electron chi connectivity index (χ3n) is 3.70. The van der Waals surface area contributed by atoms with E-state index in [0.717, 1.165) is 11.3 Å². The minimum atomic E-state index is -0.631. The molecule has 0 spiro atoms. The zero-order valence-corrected chi connectivity index (χ0v) is 16.7. The molecule has 8 nitrogen and oxygen atoms in total. The highest BCUT2D eigenvalue weighted by atomic mass is 32.1. The zero-order valence-electron chi connectivity index (χ0n) is 15.9. The molecular weight excluding hydrogens is 384 g/mol. The Bertz CT molecular complexity index is 935. The number of hydrogen-bond donors (Lipinski definition) is 2. The van der Waals surface area contributed by atoms with Gasteiger partial charge in [-0.1, -0.05) is 12.1 Å². The fraction of sp³-hybridized carbons (Fsp3) is 0.263. The minimum Gasteiger partial charge on any atom is -0.465 e. The maximum Gasteiger partial charge on any atom is 0.341 e. The molecule has 2 amide bonds. The van der Waals surface area contributed by atoms with E-state index in [2.05, 4.69) is 10.6 Å². The average Bonchev–Trinajstić information content (AvgIpc) is 2.97. The smallest absolute Gasteiger partial charge is 0.341 e. The highest BCUT2D eigenvalue weighted by Gasteiger charge is 2.26. The molecular formula is C19H20N2O6S. The Morgan fingerprint density at radius 1 is 1.07 bits per heavy atom. The molecule has 0 aliphatic carbocycles. The Kier molecular flexibility index (Phi) is 6.89. The fourth-order valence-corrected chi connectivity index (χ4v) is 3.62. The molecule has 2 rings (SSSR count). The second-order valence-corrected chi connectivity index (χ2v) is 6.67. The molecule has 0 saturated heterocycles. The van der Waals surface area contributed by atoms with Gasteiger partial charge in [0.15, 0.2) is 0 Å². The van der Waals surface area contributed by atoms with Crippen LogP contribution in [0.3, 0.4) is 0 Å². The van der Waals surface area contributed by atoms with E-state index in [-0.39, 0.29) is 39.2 Å². The average molecular weight is 404 g/mol. The Labute approximate surface area is 165 Å². The number of thiophene rings is 1. The van der Waals surface area contributed by atoms with Crippen LogP contribution in [0.2, 0.25) is 0 Å². The number of benzene rings is 1. The number of nitrogens with one attached hydrogen (secondary N) is 2. The predicted octanol–water partition coefficient (Wildman–Crippen LogP) is 3.23. The van der Waals surface area contributed by atoms with Crippen LogP contribution in [-0.2, 0) is 14.3 Å². The molecule has 2 aromatic rings. The highest BCUT2D eigenvalue weighted by Crippen LogP contribution is 2.34. The van der Waals surface area contributed by atoms with Gasteiger partial charge in [-0.2, -0.15) is 0 Å². The van der Waals surface area contributed by atoms with Gasteiger partial charge in [0, 0.05) is 6.92 Å². The van der Waals surface area contributed by atoms with Crippen molar-refractivity contribution >= 4 is 45.8 Å². The predicted molar refractivity (Wildman–Crippen MR) is 105 cm³/mol. The summed E-state index contributed by atoms with van der Waals surface area (Å²) in [6.45, 7) is 4.71. The van der Waals surface area contributed by atoms with Crippen LogP contribution < -0.4 is 10.6 Å². The van der Waals surface area contributed by atoms with Crippen molar-refractivity contribution in [3.05, 3.63) is 45.8 Å². The summed E-state index contributed by atoms with van der Waals surface area (Å²) in [4.78, 5) is 48.7. The Morgan fingerprint density at radius 3 is 2.36 bits per heavy atom. The van der Waals surface area contributed by atoms with Crippen molar-refractivity contribution in [3.8, 4) is 0 Å². The van der Waals surface area contributed by atoms with E-state index in [1.807, 2.05) is 0 Å². The fourth-order valence-electron chi connectivity index (χ4n) is 2.49. The topological polar surface area (TPSA) is 111 Å². The van der Waals surface area contributed by atoms with Gasteiger partial charge in [-0.05, 0) is 31.5 Å². The summed E-state index contributed by atoms with van der Waals surface area (Å²) in [6, 6.07) is 6.39. The first kappa shape index (κ1) is 21.1. The van der Waals surface area contributed by atoms with E-state index in [1.165, 1.54) is 20.1 Å². The first-order valence-electron chi connectivity index (χ1n) is 8.36. The summed E-state index contributed by atoms with van der Waals surface area (Å²) in [6.07, 6.45) is 0. The lowest BCUT2D eigenvalue weighted by Crippen LogP contribution is -2.16. The van der Waals surface area contributed by atoms with Gasteiger partial charge < -0.3 is 20.1 Å². The van der Waals surface area contributed by atoms with Crippen LogP contribution >= 0.6 is 11.3 Å². The second-order valence-electron chi connectivity index (χ2n) is 5.65. The third kappa shape index (κ3) is 4.55. The first-order chi connectivity index (χ1) is 13.3. The maximum atomic E-state index is 12.8. The van der Waals surface area contributed by atoms with Crippen LogP contribution in [-0.4, -0.2) is 37.5 Å². The summed E-state index contributed by atoms with van der Waals surface area (Å²) in [5.74, 6) is -2.13. The van der Waals surface area contributed by atoms with Crippen molar-refractivity contribution in [2.75, 3.05) is 24.4 Å². The summed E-state index contributed by atoms with van der Waals surface area (Å²) in [7, 11) is 1.25. The van der Waals surface area contributed by atoms with Gasteiger partial charge >= 0.3 is 11.9 Å². The van der Waals surface area contributed by atoms with Crippen LogP contribution in [0.4, 0.5) is 10.7 Å². The molecule has 0 aliphatic rings. The molecule has 1 aromatic heterocycles. The molecule has 2 N–H and O–H groups in total. The normalized spacial score (nSPS) is 10.1. The quantitative estimate of drug-likeness (QED) is 0.715. The number of amides is 2. The van der Waals surface area contributed by atoms with Gasteiger partial charge in [0.1, 0.15) is 5.00 Å². The molecule has 0 aliphatic heterocycles. The molecule has 148 valence electrons. The van der Waals surface area contributed by atoms with Crippen LogP contribution in [0, 0.1) is 6.92 Å². The van der Waals surface area contributed by atoms with Crippen molar-refractivity contribution in [3.63, 3.8) is 0 Å². The Hall–Kier alpha value is -3.20.